The standard InChI is InChI=1S/C5H7N5O15/c11-1-2(12,6(16)17)3(13,7(18)19)4(14,8(20)21)5(15,9(22)23)10(24)25/h11-15H,1H2/t2-,3+,4-/m1/s1. The van der Waals surface area contributed by atoms with Gasteiger partial charge in [-0.3, -0.25) is 55.7 Å². The van der Waals surface area contributed by atoms with E-state index in [0.29, 0.717) is 0 Å². The van der Waals surface area contributed by atoms with Crippen molar-refractivity contribution in [2.24, 2.45) is 0 Å². The van der Waals surface area contributed by atoms with Crippen LogP contribution in [-0.2, 0) is 0 Å². The summed E-state index contributed by atoms with van der Waals surface area (Å²) < 4.78 is 0. The summed E-state index contributed by atoms with van der Waals surface area (Å²) in [7, 11) is 0. The van der Waals surface area contributed by atoms with Gasteiger partial charge in [0.25, 0.3) is 0 Å². The SMILES string of the molecule is O=[N+]([O-])C(O)([N+](=O)[O-])[C@@](O)([N+](=O)[O-])[C@](O)([N+](=O)[O-])[C@](O)(CO)[N+](=O)[O-]. The van der Waals surface area contributed by atoms with E-state index in [9.17, 15) is 71.0 Å². The molecule has 0 saturated heterocycles. The highest BCUT2D eigenvalue weighted by atomic mass is 16.8. The minimum atomic E-state index is -5.87. The third kappa shape index (κ3) is 2.28. The molecular weight excluding hydrogens is 370 g/mol. The molecule has 25 heavy (non-hydrogen) atoms. The Morgan fingerprint density at radius 1 is 0.600 bits per heavy atom. The molecule has 0 fully saturated rings. The number of rotatable bonds is 9. The maximum absolute atomic E-state index is 10.9. The van der Waals surface area contributed by atoms with Gasteiger partial charge in [-0.15, -0.1) is 0 Å². The Bertz CT molecular complexity index is 634. The summed E-state index contributed by atoms with van der Waals surface area (Å²) in [6.07, 6.45) is 0. The lowest BCUT2D eigenvalue weighted by Gasteiger charge is -2.32. The van der Waals surface area contributed by atoms with Crippen LogP contribution in [0.5, 0.6) is 0 Å². The molecule has 0 aromatic heterocycles. The largest absolute Gasteiger partial charge is 0.686 e. The molecule has 3 atom stereocenters. The van der Waals surface area contributed by atoms with Gasteiger partial charge in [0.05, 0.1) is 14.8 Å². The van der Waals surface area contributed by atoms with Crippen LogP contribution < -0.4 is 0 Å². The number of hydrogen-bond acceptors (Lipinski definition) is 15. The molecule has 0 saturated carbocycles. The second-order valence-corrected chi connectivity index (χ2v) is 4.24. The predicted molar refractivity (Wildman–Crippen MR) is 61.9 cm³/mol. The zero-order valence-corrected chi connectivity index (χ0v) is 11.3. The van der Waals surface area contributed by atoms with Crippen LogP contribution in [0.4, 0.5) is 0 Å². The van der Waals surface area contributed by atoms with Crippen molar-refractivity contribution in [3.63, 3.8) is 0 Å². The predicted octanol–water partition coefficient (Wildman–Crippen LogP) is -4.93. The molecule has 0 rings (SSSR count). The van der Waals surface area contributed by atoms with E-state index in [1.54, 1.807) is 0 Å². The maximum atomic E-state index is 10.9. The van der Waals surface area contributed by atoms with Crippen molar-refractivity contribution >= 4 is 0 Å². The molecule has 0 radical (unpaired) electrons. The quantitative estimate of drug-likeness (QED) is 0.143. The summed E-state index contributed by atoms with van der Waals surface area (Å²) in [5, 5.41) is 101. The van der Waals surface area contributed by atoms with Crippen LogP contribution in [0.25, 0.3) is 0 Å². The molecular formula is C5H7N5O15. The molecule has 20 heteroatoms. The number of hydrogen-bond donors (Lipinski definition) is 5. The first-order chi connectivity index (χ1) is 11.0. The van der Waals surface area contributed by atoms with Gasteiger partial charge in [-0.05, 0) is 0 Å². The summed E-state index contributed by atoms with van der Waals surface area (Å²) in [5.74, 6) is -5.68. The lowest BCUT2D eigenvalue weighted by atomic mass is 9.85. The van der Waals surface area contributed by atoms with E-state index in [1.165, 1.54) is 0 Å². The van der Waals surface area contributed by atoms with Crippen molar-refractivity contribution in [2.45, 2.75) is 23.0 Å². The van der Waals surface area contributed by atoms with E-state index in [2.05, 4.69) is 0 Å². The van der Waals surface area contributed by atoms with Crippen molar-refractivity contribution in [1.82, 2.24) is 0 Å². The van der Waals surface area contributed by atoms with Crippen LogP contribution in [0.15, 0.2) is 0 Å². The lowest BCUT2D eigenvalue weighted by molar-refractivity contribution is -0.952. The Morgan fingerprint density at radius 2 is 0.920 bits per heavy atom. The molecule has 0 aromatic rings. The van der Waals surface area contributed by atoms with E-state index >= 15 is 0 Å². The van der Waals surface area contributed by atoms with Crippen LogP contribution in [0, 0.1) is 50.6 Å². The first-order valence-electron chi connectivity index (χ1n) is 5.26. The van der Waals surface area contributed by atoms with Gasteiger partial charge >= 0.3 is 23.0 Å². The number of aliphatic hydroxyl groups excluding tert-OH is 1. The van der Waals surface area contributed by atoms with Crippen molar-refractivity contribution < 1.29 is 50.1 Å². The summed E-state index contributed by atoms with van der Waals surface area (Å²) in [5.41, 5.74) is -16.6. The summed E-state index contributed by atoms with van der Waals surface area (Å²) in [6.45, 7) is -2.61. The molecule has 0 unspecified atom stereocenters. The third-order valence-electron chi connectivity index (χ3n) is 3.07. The molecule has 0 heterocycles. The lowest BCUT2D eigenvalue weighted by Crippen LogP contribution is -2.86. The second-order valence-electron chi connectivity index (χ2n) is 4.24. The smallest absolute Gasteiger partial charge is 0.386 e. The molecule has 0 aromatic carbocycles. The fourth-order valence-electron chi connectivity index (χ4n) is 1.65. The Balaban J connectivity index is 7.44. The highest BCUT2D eigenvalue weighted by Crippen LogP contribution is 2.42. The van der Waals surface area contributed by atoms with Crippen LogP contribution in [0.1, 0.15) is 0 Å². The molecule has 142 valence electrons. The van der Waals surface area contributed by atoms with Crippen LogP contribution in [0.2, 0.25) is 0 Å². The Labute approximate surface area is 131 Å². The fourth-order valence-corrected chi connectivity index (χ4v) is 1.65. The number of nitrogens with zero attached hydrogens (tertiary/aromatic N) is 5. The van der Waals surface area contributed by atoms with Crippen molar-refractivity contribution in [1.29, 1.82) is 0 Å². The molecule has 0 bridgehead atoms. The van der Waals surface area contributed by atoms with Gasteiger partial charge in [0.15, 0.2) is 6.61 Å². The van der Waals surface area contributed by atoms with Gasteiger partial charge in [0.1, 0.15) is 9.85 Å². The third-order valence-corrected chi connectivity index (χ3v) is 3.07. The Kier molecular flexibility index (Phi) is 5.25. The van der Waals surface area contributed by atoms with Gasteiger partial charge in [0, 0.05) is 0 Å². The average molecular weight is 377 g/mol. The number of aliphatic hydroxyl groups is 5. The first-order valence-corrected chi connectivity index (χ1v) is 5.26. The maximum Gasteiger partial charge on any atom is 0.686 e. The minimum absolute atomic E-state index is 2.40. The van der Waals surface area contributed by atoms with Crippen molar-refractivity contribution in [2.75, 3.05) is 6.61 Å². The van der Waals surface area contributed by atoms with Crippen molar-refractivity contribution in [3.05, 3.63) is 50.6 Å². The van der Waals surface area contributed by atoms with E-state index in [-0.39, 0.29) is 0 Å². The Morgan fingerprint density at radius 3 is 1.08 bits per heavy atom. The fraction of sp³-hybridized carbons (Fsp3) is 1.00. The van der Waals surface area contributed by atoms with E-state index in [0.717, 1.165) is 0 Å². The Hall–Kier alpha value is -3.20. The molecule has 0 aliphatic heterocycles. The van der Waals surface area contributed by atoms with Gasteiger partial charge in [-0.2, -0.15) is 0 Å². The highest BCUT2D eigenvalue weighted by Gasteiger charge is 3.04. The van der Waals surface area contributed by atoms with E-state index in [4.69, 9.17) is 5.11 Å². The van der Waals surface area contributed by atoms with Crippen LogP contribution in [0.3, 0.4) is 0 Å². The van der Waals surface area contributed by atoms with Gasteiger partial charge in [0.2, 0.25) is 0 Å². The van der Waals surface area contributed by atoms with Crippen molar-refractivity contribution in [3.8, 4) is 0 Å². The van der Waals surface area contributed by atoms with Gasteiger partial charge in [-0.25, -0.2) is 0 Å². The van der Waals surface area contributed by atoms with E-state index < -0.39 is 54.2 Å². The van der Waals surface area contributed by atoms with Gasteiger partial charge in [-0.1, -0.05) is 0 Å². The molecule has 0 spiro atoms. The molecule has 0 amide bonds. The molecule has 20 nitrogen and oxygen atoms in total. The normalized spacial score (nSPS) is 18.9. The topological polar surface area (TPSA) is 317 Å². The minimum Gasteiger partial charge on any atom is -0.386 e. The zero-order chi connectivity index (χ0) is 20.6. The first kappa shape index (κ1) is 21.8. The zero-order valence-electron chi connectivity index (χ0n) is 11.3. The molecule has 0 aliphatic carbocycles. The molecule has 0 aliphatic rings. The van der Waals surface area contributed by atoms with E-state index in [1.807, 2.05) is 0 Å². The van der Waals surface area contributed by atoms with Crippen LogP contribution in [-0.4, -0.2) is 79.8 Å². The monoisotopic (exact) mass is 377 g/mol. The summed E-state index contributed by atoms with van der Waals surface area (Å²) >= 11 is 0. The summed E-state index contributed by atoms with van der Waals surface area (Å²) in [4.78, 5) is 40.7. The van der Waals surface area contributed by atoms with Gasteiger partial charge < -0.3 is 20.4 Å². The summed E-state index contributed by atoms with van der Waals surface area (Å²) in [6, 6.07) is 0. The average Bonchev–Trinajstić information content (AvgIpc) is 2.49. The number of nitro groups is 5. The second kappa shape index (κ2) is 6.02. The van der Waals surface area contributed by atoms with Crippen LogP contribution >= 0.6 is 0 Å². The molecule has 5 N–H and O–H groups in total. The highest BCUT2D eigenvalue weighted by molar-refractivity contribution is 4.99.